The van der Waals surface area contributed by atoms with Gasteiger partial charge in [-0.2, -0.15) is 0 Å². The molecule has 0 saturated heterocycles. The fraction of sp³-hybridized carbons (Fsp3) is 0.208. The van der Waals surface area contributed by atoms with Crippen LogP contribution in [0.2, 0.25) is 0 Å². The molecule has 0 aliphatic heterocycles. The molecule has 1 amide bonds. The molecular formula is C24H22FN5O3S. The second-order valence-electron chi connectivity index (χ2n) is 7.64. The largest absolute Gasteiger partial charge is 0.355 e. The van der Waals surface area contributed by atoms with Gasteiger partial charge in [-0.3, -0.25) is 18.7 Å². The second kappa shape index (κ2) is 10.0. The van der Waals surface area contributed by atoms with Gasteiger partial charge in [0.15, 0.2) is 11.5 Å². The van der Waals surface area contributed by atoms with E-state index in [9.17, 15) is 18.8 Å². The second-order valence-corrected chi connectivity index (χ2v) is 8.61. The summed E-state index contributed by atoms with van der Waals surface area (Å²) < 4.78 is 16.0. The third kappa shape index (κ3) is 4.91. The van der Waals surface area contributed by atoms with Crippen molar-refractivity contribution in [3.8, 4) is 11.4 Å². The van der Waals surface area contributed by atoms with E-state index in [0.29, 0.717) is 18.5 Å². The summed E-state index contributed by atoms with van der Waals surface area (Å²) in [6, 6.07) is 15.5. The van der Waals surface area contributed by atoms with Gasteiger partial charge in [-0.1, -0.05) is 54.2 Å². The molecule has 2 aromatic heterocycles. The summed E-state index contributed by atoms with van der Waals surface area (Å²) >= 11 is 1.07. The first-order valence-electron chi connectivity index (χ1n) is 10.5. The summed E-state index contributed by atoms with van der Waals surface area (Å²) in [4.78, 5) is 46.6. The number of rotatable bonds is 7. The number of carbonyl (C=O) groups is 1. The van der Waals surface area contributed by atoms with Crippen LogP contribution < -0.4 is 16.6 Å². The molecule has 0 atom stereocenters. The van der Waals surface area contributed by atoms with Gasteiger partial charge in [-0.05, 0) is 24.1 Å². The Kier molecular flexibility index (Phi) is 6.87. The molecule has 10 heteroatoms. The van der Waals surface area contributed by atoms with Crippen molar-refractivity contribution in [1.82, 2.24) is 24.4 Å². The fourth-order valence-corrected chi connectivity index (χ4v) is 4.31. The lowest BCUT2D eigenvalue weighted by molar-refractivity contribution is -0.118. The van der Waals surface area contributed by atoms with Crippen LogP contribution in [0, 0.1) is 5.82 Å². The standard InChI is InChI=1S/C24H22FN5O3S/c1-29-21-19(23(32)30(2)24(29)33)22(28-20(27-21)16-9-6-10-17(25)13-16)34-14-18(31)26-12-11-15-7-4-3-5-8-15/h3-10,13H,11-12,14H2,1-2H3,(H,26,31). The minimum atomic E-state index is -0.559. The number of carbonyl (C=O) groups excluding carboxylic acids is 1. The molecule has 0 unspecified atom stereocenters. The maximum Gasteiger partial charge on any atom is 0.332 e. The highest BCUT2D eigenvalue weighted by Gasteiger charge is 2.19. The molecule has 0 radical (unpaired) electrons. The molecule has 34 heavy (non-hydrogen) atoms. The summed E-state index contributed by atoms with van der Waals surface area (Å²) in [7, 11) is 2.87. The van der Waals surface area contributed by atoms with Crippen LogP contribution in [0.15, 0.2) is 69.2 Å². The Morgan fingerprint density at radius 1 is 1.03 bits per heavy atom. The summed E-state index contributed by atoms with van der Waals surface area (Å²) in [5.41, 5.74) is 0.520. The number of halogens is 1. The summed E-state index contributed by atoms with van der Waals surface area (Å²) in [6.07, 6.45) is 0.695. The van der Waals surface area contributed by atoms with Crippen molar-refractivity contribution in [2.75, 3.05) is 12.3 Å². The summed E-state index contributed by atoms with van der Waals surface area (Å²) in [5.74, 6) is -0.523. The lowest BCUT2D eigenvalue weighted by Crippen LogP contribution is -2.37. The Labute approximate surface area is 198 Å². The normalized spacial score (nSPS) is 11.0. The van der Waals surface area contributed by atoms with E-state index in [1.54, 1.807) is 6.07 Å². The summed E-state index contributed by atoms with van der Waals surface area (Å²) in [5, 5.41) is 3.24. The summed E-state index contributed by atoms with van der Waals surface area (Å²) in [6.45, 7) is 0.471. The highest BCUT2D eigenvalue weighted by Crippen LogP contribution is 2.26. The number of nitrogens with one attached hydrogen (secondary N) is 1. The average Bonchev–Trinajstić information content (AvgIpc) is 2.85. The third-order valence-electron chi connectivity index (χ3n) is 5.27. The highest BCUT2D eigenvalue weighted by atomic mass is 32.2. The topological polar surface area (TPSA) is 98.9 Å². The monoisotopic (exact) mass is 479 g/mol. The van der Waals surface area contributed by atoms with Crippen LogP contribution in [-0.4, -0.2) is 37.3 Å². The number of hydrogen-bond acceptors (Lipinski definition) is 6. The number of benzene rings is 2. The third-order valence-corrected chi connectivity index (χ3v) is 6.24. The average molecular weight is 480 g/mol. The van der Waals surface area contributed by atoms with E-state index >= 15 is 0 Å². The zero-order valence-electron chi connectivity index (χ0n) is 18.6. The van der Waals surface area contributed by atoms with E-state index in [-0.39, 0.29) is 33.5 Å². The first-order chi connectivity index (χ1) is 16.3. The van der Waals surface area contributed by atoms with Gasteiger partial charge in [0.05, 0.1) is 5.75 Å². The van der Waals surface area contributed by atoms with Crippen LogP contribution in [0.4, 0.5) is 4.39 Å². The van der Waals surface area contributed by atoms with Gasteiger partial charge in [0.25, 0.3) is 5.56 Å². The molecule has 0 bridgehead atoms. The van der Waals surface area contributed by atoms with Crippen molar-refractivity contribution in [2.24, 2.45) is 14.1 Å². The molecule has 8 nitrogen and oxygen atoms in total. The van der Waals surface area contributed by atoms with Gasteiger partial charge in [-0.25, -0.2) is 19.2 Å². The maximum atomic E-state index is 13.8. The van der Waals surface area contributed by atoms with E-state index in [4.69, 9.17) is 0 Å². The quantitative estimate of drug-likeness (QED) is 0.323. The van der Waals surface area contributed by atoms with Crippen molar-refractivity contribution in [2.45, 2.75) is 11.4 Å². The van der Waals surface area contributed by atoms with Gasteiger partial charge in [-0.15, -0.1) is 0 Å². The molecule has 0 aliphatic rings. The smallest absolute Gasteiger partial charge is 0.332 e. The van der Waals surface area contributed by atoms with Crippen molar-refractivity contribution in [3.05, 3.63) is 86.8 Å². The Morgan fingerprint density at radius 2 is 1.79 bits per heavy atom. The van der Waals surface area contributed by atoms with Crippen LogP contribution >= 0.6 is 11.8 Å². The number of aryl methyl sites for hydroxylation is 1. The number of amides is 1. The molecule has 2 heterocycles. The van der Waals surface area contributed by atoms with E-state index < -0.39 is 17.1 Å². The molecule has 2 aromatic carbocycles. The number of thioether (sulfide) groups is 1. The minimum absolute atomic E-state index is 0.00941. The first-order valence-corrected chi connectivity index (χ1v) is 11.5. The van der Waals surface area contributed by atoms with Crippen LogP contribution in [-0.2, 0) is 25.3 Å². The van der Waals surface area contributed by atoms with Crippen molar-refractivity contribution in [3.63, 3.8) is 0 Å². The Balaban J connectivity index is 1.64. The Hall–Kier alpha value is -3.79. The van der Waals surface area contributed by atoms with Crippen LogP contribution in [0.3, 0.4) is 0 Å². The Morgan fingerprint density at radius 3 is 2.53 bits per heavy atom. The molecular weight excluding hydrogens is 457 g/mol. The number of hydrogen-bond donors (Lipinski definition) is 1. The van der Waals surface area contributed by atoms with Crippen LogP contribution in [0.25, 0.3) is 22.4 Å². The fourth-order valence-electron chi connectivity index (χ4n) is 3.47. The van der Waals surface area contributed by atoms with Gasteiger partial charge < -0.3 is 5.32 Å². The zero-order chi connectivity index (χ0) is 24.2. The molecule has 0 aliphatic carbocycles. The lowest BCUT2D eigenvalue weighted by atomic mass is 10.1. The van der Waals surface area contributed by atoms with Crippen LogP contribution in [0.1, 0.15) is 5.56 Å². The predicted molar refractivity (Wildman–Crippen MR) is 129 cm³/mol. The van der Waals surface area contributed by atoms with E-state index in [1.807, 2.05) is 30.3 Å². The maximum absolute atomic E-state index is 13.8. The van der Waals surface area contributed by atoms with Gasteiger partial charge in [0, 0.05) is 26.2 Å². The van der Waals surface area contributed by atoms with Gasteiger partial charge in [0.2, 0.25) is 5.91 Å². The van der Waals surface area contributed by atoms with E-state index in [2.05, 4.69) is 15.3 Å². The van der Waals surface area contributed by atoms with E-state index in [0.717, 1.165) is 21.9 Å². The molecule has 1 N–H and O–H groups in total. The van der Waals surface area contributed by atoms with Gasteiger partial charge >= 0.3 is 5.69 Å². The number of fused-ring (bicyclic) bond motifs is 1. The lowest BCUT2D eigenvalue weighted by Gasteiger charge is -2.12. The van der Waals surface area contributed by atoms with Gasteiger partial charge in [0.1, 0.15) is 16.2 Å². The van der Waals surface area contributed by atoms with Crippen molar-refractivity contribution >= 4 is 28.7 Å². The molecule has 0 spiro atoms. The number of nitrogens with zero attached hydrogens (tertiary/aromatic N) is 4. The molecule has 174 valence electrons. The molecule has 0 fully saturated rings. The van der Waals surface area contributed by atoms with E-state index in [1.165, 1.54) is 36.9 Å². The van der Waals surface area contributed by atoms with Crippen molar-refractivity contribution < 1.29 is 9.18 Å². The highest BCUT2D eigenvalue weighted by molar-refractivity contribution is 8.00. The predicted octanol–water partition coefficient (Wildman–Crippen LogP) is 2.28. The molecule has 0 saturated carbocycles. The number of aromatic nitrogens is 4. The SMILES string of the molecule is Cn1c(=O)c2c(SCC(=O)NCCc3ccccc3)nc(-c3cccc(F)c3)nc2n(C)c1=O. The van der Waals surface area contributed by atoms with Crippen LogP contribution in [0.5, 0.6) is 0 Å². The zero-order valence-corrected chi connectivity index (χ0v) is 19.4. The first kappa shape index (κ1) is 23.4. The molecule has 4 rings (SSSR count). The molecule has 4 aromatic rings. The Bertz CT molecular complexity index is 1480. The minimum Gasteiger partial charge on any atom is -0.355 e. The van der Waals surface area contributed by atoms with Crippen molar-refractivity contribution in [1.29, 1.82) is 0 Å².